The molecule has 0 aromatic heterocycles. The van der Waals surface area contributed by atoms with Gasteiger partial charge in [0.05, 0.1) is 20.3 Å². The molecule has 0 spiro atoms. The highest BCUT2D eigenvalue weighted by Crippen LogP contribution is 2.44. The molecule has 7 nitrogen and oxygen atoms in total. The van der Waals surface area contributed by atoms with Gasteiger partial charge in [-0.1, -0.05) is 36.0 Å². The number of aliphatic hydroxyl groups excluding tert-OH is 1. The SMILES string of the molecule is CNS(=O)(=O)c1ccc2c(c1)SC1=CC(=O)C3=C(O)c4ccccc4C(=O)C3C1=[NH+]2. The lowest BCUT2D eigenvalue weighted by molar-refractivity contribution is -0.359. The molecule has 0 amide bonds. The van der Waals surface area contributed by atoms with Gasteiger partial charge in [-0.3, -0.25) is 9.59 Å². The normalized spacial score (nSPS) is 20.0. The van der Waals surface area contributed by atoms with Crippen LogP contribution in [0.5, 0.6) is 0 Å². The average molecular weight is 439 g/mol. The van der Waals surface area contributed by atoms with Crippen molar-refractivity contribution in [2.45, 2.75) is 9.79 Å². The summed E-state index contributed by atoms with van der Waals surface area (Å²) in [7, 11) is -2.28. The van der Waals surface area contributed by atoms with Crippen molar-refractivity contribution in [1.29, 1.82) is 0 Å². The topological polar surface area (TPSA) is 115 Å². The lowest BCUT2D eigenvalue weighted by Crippen LogP contribution is -2.71. The summed E-state index contributed by atoms with van der Waals surface area (Å²) in [6, 6.07) is 11.3. The van der Waals surface area contributed by atoms with Gasteiger partial charge in [-0.05, 0) is 19.2 Å². The van der Waals surface area contributed by atoms with Crippen molar-refractivity contribution in [2.24, 2.45) is 5.92 Å². The Kier molecular flexibility index (Phi) is 4.11. The summed E-state index contributed by atoms with van der Waals surface area (Å²) >= 11 is 1.22. The Morgan fingerprint density at radius 3 is 2.57 bits per heavy atom. The molecule has 1 heterocycles. The van der Waals surface area contributed by atoms with Gasteiger partial charge in [0.25, 0.3) is 0 Å². The van der Waals surface area contributed by atoms with Crippen molar-refractivity contribution < 1.29 is 28.1 Å². The van der Waals surface area contributed by atoms with Gasteiger partial charge in [0.1, 0.15) is 11.7 Å². The van der Waals surface area contributed by atoms with Gasteiger partial charge in [-0.25, -0.2) is 18.1 Å². The van der Waals surface area contributed by atoms with E-state index in [0.717, 1.165) is 0 Å². The predicted molar refractivity (Wildman–Crippen MR) is 111 cm³/mol. The van der Waals surface area contributed by atoms with Crippen molar-refractivity contribution in [3.8, 4) is 0 Å². The number of ketones is 2. The molecule has 3 aliphatic rings. The second-order valence-electron chi connectivity index (χ2n) is 6.98. The van der Waals surface area contributed by atoms with Crippen LogP contribution in [0.15, 0.2) is 68.8 Å². The number of thioether (sulfide) groups is 1. The molecule has 150 valence electrons. The van der Waals surface area contributed by atoms with E-state index in [9.17, 15) is 23.1 Å². The predicted octanol–water partition coefficient (Wildman–Crippen LogP) is 1.10. The van der Waals surface area contributed by atoms with Crippen molar-refractivity contribution in [3.63, 3.8) is 0 Å². The van der Waals surface area contributed by atoms with Gasteiger partial charge in [0.2, 0.25) is 21.4 Å². The summed E-state index contributed by atoms with van der Waals surface area (Å²) in [5.41, 5.74) is 1.91. The minimum Gasteiger partial charge on any atom is -0.507 e. The maximum absolute atomic E-state index is 13.3. The fourth-order valence-corrected chi connectivity index (χ4v) is 5.81. The molecule has 0 saturated heterocycles. The van der Waals surface area contributed by atoms with Gasteiger partial charge < -0.3 is 5.11 Å². The first-order valence-corrected chi connectivity index (χ1v) is 11.3. The zero-order chi connectivity index (χ0) is 21.2. The van der Waals surface area contributed by atoms with Crippen LogP contribution in [-0.4, -0.2) is 37.9 Å². The third-order valence-corrected chi connectivity index (χ3v) is 7.88. The van der Waals surface area contributed by atoms with Crippen molar-refractivity contribution in [1.82, 2.24) is 4.72 Å². The number of hydrogen-bond donors (Lipinski definition) is 3. The second kappa shape index (κ2) is 6.49. The number of Topliss-reactive ketones (excluding diaryl/α,β-unsaturated/α-hetero) is 1. The molecule has 0 saturated carbocycles. The molecule has 1 aliphatic heterocycles. The maximum atomic E-state index is 13.3. The molecule has 30 heavy (non-hydrogen) atoms. The molecular weight excluding hydrogens is 424 g/mol. The smallest absolute Gasteiger partial charge is 0.240 e. The minimum atomic E-state index is -3.62. The van der Waals surface area contributed by atoms with Crippen molar-refractivity contribution >= 4 is 50.5 Å². The maximum Gasteiger partial charge on any atom is 0.240 e. The summed E-state index contributed by atoms with van der Waals surface area (Å²) in [6.45, 7) is 0. The van der Waals surface area contributed by atoms with Crippen molar-refractivity contribution in [3.05, 3.63) is 70.1 Å². The summed E-state index contributed by atoms with van der Waals surface area (Å²) in [5, 5.41) is 10.7. The molecule has 0 radical (unpaired) electrons. The van der Waals surface area contributed by atoms with Gasteiger partial charge in [0.15, 0.2) is 11.6 Å². The Morgan fingerprint density at radius 2 is 1.83 bits per heavy atom. The van der Waals surface area contributed by atoms with E-state index in [-0.39, 0.29) is 22.0 Å². The van der Waals surface area contributed by atoms with Crippen LogP contribution in [0.3, 0.4) is 0 Å². The van der Waals surface area contributed by atoms with Gasteiger partial charge in [0, 0.05) is 23.3 Å². The number of carbonyl (C=O) groups excluding carboxylic acids is 2. The van der Waals surface area contributed by atoms with E-state index < -0.39 is 21.7 Å². The summed E-state index contributed by atoms with van der Waals surface area (Å²) in [6.07, 6.45) is 1.37. The zero-order valence-corrected chi connectivity index (χ0v) is 17.2. The Labute approximate surface area is 176 Å². The lowest BCUT2D eigenvalue weighted by atomic mass is 9.74. The van der Waals surface area contributed by atoms with Crippen LogP contribution >= 0.6 is 11.8 Å². The van der Waals surface area contributed by atoms with Gasteiger partial charge >= 0.3 is 0 Å². The van der Waals surface area contributed by atoms with Crippen LogP contribution in [0.4, 0.5) is 5.69 Å². The molecule has 2 aromatic carbocycles. The number of sulfonamides is 1. The fourth-order valence-electron chi connectivity index (χ4n) is 3.88. The molecule has 1 atom stereocenters. The Hall–Kier alpha value is -3.01. The van der Waals surface area contributed by atoms with Crippen LogP contribution in [0, 0.1) is 5.92 Å². The Balaban J connectivity index is 1.70. The number of benzene rings is 2. The van der Waals surface area contributed by atoms with E-state index in [0.29, 0.717) is 32.3 Å². The summed E-state index contributed by atoms with van der Waals surface area (Å²) in [4.78, 5) is 30.5. The number of nitrogens with one attached hydrogen (secondary N) is 2. The Morgan fingerprint density at radius 1 is 1.10 bits per heavy atom. The van der Waals surface area contributed by atoms with Gasteiger partial charge in [-0.2, -0.15) is 0 Å². The van der Waals surface area contributed by atoms with Crippen molar-refractivity contribution in [2.75, 3.05) is 7.05 Å². The van der Waals surface area contributed by atoms with Crippen LogP contribution < -0.4 is 9.71 Å². The largest absolute Gasteiger partial charge is 0.507 e. The van der Waals surface area contributed by atoms with E-state index in [1.807, 2.05) is 0 Å². The fraction of sp³-hybridized carbons (Fsp3) is 0.0952. The molecule has 2 aliphatic carbocycles. The number of hydrogen-bond acceptors (Lipinski definition) is 6. The third kappa shape index (κ3) is 2.63. The molecule has 0 bridgehead atoms. The van der Waals surface area contributed by atoms with E-state index in [1.165, 1.54) is 37.0 Å². The highest BCUT2D eigenvalue weighted by atomic mass is 32.2. The molecule has 0 fully saturated rings. The standard InChI is InChI=1S/C21H14N2O5S2/c1-22-30(27,28)10-6-7-13-15(8-10)29-16-9-14(24)17-18(19(16)23-13)21(26)12-5-3-2-4-11(12)20(17)25/h2-9,18,22,25H,1H3/p+1. The van der Waals surface area contributed by atoms with E-state index in [2.05, 4.69) is 9.71 Å². The zero-order valence-electron chi connectivity index (χ0n) is 15.6. The molecule has 2 aromatic rings. The number of fused-ring (bicyclic) bond motifs is 5. The highest BCUT2D eigenvalue weighted by Gasteiger charge is 2.48. The lowest BCUT2D eigenvalue weighted by Gasteiger charge is -2.29. The first-order chi connectivity index (χ1) is 14.3. The molecule has 1 unspecified atom stereocenters. The van der Waals surface area contributed by atoms with E-state index in [1.54, 1.807) is 30.3 Å². The third-order valence-electron chi connectivity index (χ3n) is 5.36. The second-order valence-corrected chi connectivity index (χ2v) is 9.95. The van der Waals surface area contributed by atoms with E-state index >= 15 is 0 Å². The summed E-state index contributed by atoms with van der Waals surface area (Å²) in [5.74, 6) is -1.82. The number of rotatable bonds is 2. The van der Waals surface area contributed by atoms with E-state index in [4.69, 9.17) is 0 Å². The van der Waals surface area contributed by atoms with Crippen LogP contribution in [0.1, 0.15) is 15.9 Å². The van der Waals surface area contributed by atoms with Crippen LogP contribution in [0.25, 0.3) is 5.76 Å². The minimum absolute atomic E-state index is 0.0587. The highest BCUT2D eigenvalue weighted by molar-refractivity contribution is 8.04. The first-order valence-electron chi connectivity index (χ1n) is 9.04. The van der Waals surface area contributed by atoms with Crippen LogP contribution in [-0.2, 0) is 14.8 Å². The number of aliphatic hydroxyl groups is 1. The molecule has 9 heteroatoms. The molecule has 5 rings (SSSR count). The molecule has 3 N–H and O–H groups in total. The number of allylic oxidation sites excluding steroid dienone is 3. The van der Waals surface area contributed by atoms with Crippen LogP contribution in [0.2, 0.25) is 0 Å². The number of carbonyl (C=O) groups is 2. The molecular formula is C21H15N2O5S2+. The monoisotopic (exact) mass is 439 g/mol. The van der Waals surface area contributed by atoms with Gasteiger partial charge in [-0.15, -0.1) is 0 Å². The quantitative estimate of drug-likeness (QED) is 0.646. The first kappa shape index (κ1) is 19.0. The Bertz CT molecular complexity index is 1370. The average Bonchev–Trinajstić information content (AvgIpc) is 2.75. The summed E-state index contributed by atoms with van der Waals surface area (Å²) < 4.78 is 26.5.